The first-order valence-electron chi connectivity index (χ1n) is 5.11. The van der Waals surface area contributed by atoms with Crippen LogP contribution in [0.2, 0.25) is 0 Å². The molecule has 3 heteroatoms. The van der Waals surface area contributed by atoms with Crippen LogP contribution in [0, 0.1) is 0 Å². The summed E-state index contributed by atoms with van der Waals surface area (Å²) in [5, 5.41) is 0.656. The molecule has 0 atom stereocenters. The minimum Gasteiger partial charge on any atom is -0.487 e. The summed E-state index contributed by atoms with van der Waals surface area (Å²) in [7, 11) is 0. The van der Waals surface area contributed by atoms with E-state index in [2.05, 4.69) is 0 Å². The van der Waals surface area contributed by atoms with Crippen molar-refractivity contribution in [2.75, 3.05) is 13.2 Å². The summed E-state index contributed by atoms with van der Waals surface area (Å²) in [4.78, 5) is 0. The van der Waals surface area contributed by atoms with Gasteiger partial charge in [0.05, 0.1) is 6.61 Å². The lowest BCUT2D eigenvalue weighted by molar-refractivity contribution is 0.297. The minimum absolute atomic E-state index is 0.656. The van der Waals surface area contributed by atoms with Gasteiger partial charge >= 0.3 is 0 Å². The Balaban J connectivity index is 2.87. The summed E-state index contributed by atoms with van der Waals surface area (Å²) in [6, 6.07) is 0. The molecule has 2 nitrogen and oxygen atoms in total. The van der Waals surface area contributed by atoms with Gasteiger partial charge in [0.15, 0.2) is 5.05 Å². The third-order valence-electron chi connectivity index (χ3n) is 1.90. The number of ether oxygens (including phenoxy) is 1. The molecule has 0 aromatic heterocycles. The molecule has 0 bridgehead atoms. The normalized spacial score (nSPS) is 10.0. The molecule has 0 radical (unpaired) electrons. The molecule has 13 heavy (non-hydrogen) atoms. The van der Waals surface area contributed by atoms with Crippen molar-refractivity contribution in [2.45, 2.75) is 45.4 Å². The van der Waals surface area contributed by atoms with Gasteiger partial charge in [0.25, 0.3) is 0 Å². The van der Waals surface area contributed by atoms with E-state index in [1.54, 1.807) is 0 Å². The van der Waals surface area contributed by atoms with Gasteiger partial charge in [-0.15, -0.1) is 0 Å². The van der Waals surface area contributed by atoms with E-state index in [-0.39, 0.29) is 0 Å². The molecule has 0 aliphatic rings. The van der Waals surface area contributed by atoms with Crippen LogP contribution in [0.4, 0.5) is 0 Å². The lowest BCUT2D eigenvalue weighted by Gasteiger charge is -2.03. The Morgan fingerprint density at radius 2 is 1.62 bits per heavy atom. The lowest BCUT2D eigenvalue weighted by atomic mass is 10.1. The molecule has 0 heterocycles. The Morgan fingerprint density at radius 3 is 2.15 bits per heavy atom. The summed E-state index contributed by atoms with van der Waals surface area (Å²) in [6.45, 7) is 3.43. The molecule has 0 aliphatic carbocycles. The zero-order chi connectivity index (χ0) is 9.94. The second-order valence-electron chi connectivity index (χ2n) is 3.25. The van der Waals surface area contributed by atoms with Gasteiger partial charge in [-0.25, -0.2) is 0 Å². The first-order valence-corrected chi connectivity index (χ1v) is 5.51. The lowest BCUT2D eigenvalue weighted by Crippen LogP contribution is -1.99. The first kappa shape index (κ1) is 12.8. The van der Waals surface area contributed by atoms with Gasteiger partial charge < -0.3 is 10.5 Å². The molecule has 2 N–H and O–H groups in total. The van der Waals surface area contributed by atoms with Crippen LogP contribution in [0.25, 0.3) is 0 Å². The Hall–Kier alpha value is -0.150. The zero-order valence-electron chi connectivity index (χ0n) is 8.55. The minimum atomic E-state index is 0.656. The van der Waals surface area contributed by atoms with Crippen LogP contribution in [0.1, 0.15) is 45.4 Å². The van der Waals surface area contributed by atoms with E-state index in [9.17, 15) is 0 Å². The number of thiocarbonyl (C=S) groups is 1. The molecule has 0 fully saturated rings. The van der Waals surface area contributed by atoms with Crippen molar-refractivity contribution in [2.24, 2.45) is 5.73 Å². The highest BCUT2D eigenvalue weighted by molar-refractivity contribution is 7.80. The zero-order valence-corrected chi connectivity index (χ0v) is 9.37. The van der Waals surface area contributed by atoms with Crippen LogP contribution in [0.5, 0.6) is 0 Å². The summed E-state index contributed by atoms with van der Waals surface area (Å²) >= 11 is 4.79. The Bertz CT molecular complexity index is 128. The average molecular weight is 203 g/mol. The van der Waals surface area contributed by atoms with Crippen LogP contribution in [0.15, 0.2) is 0 Å². The fourth-order valence-electron chi connectivity index (χ4n) is 1.17. The molecular weight excluding hydrogens is 182 g/mol. The van der Waals surface area contributed by atoms with Crippen molar-refractivity contribution in [3.8, 4) is 0 Å². The summed E-state index contributed by atoms with van der Waals surface area (Å²) in [6.07, 6.45) is 7.39. The van der Waals surface area contributed by atoms with Crippen LogP contribution in [-0.2, 0) is 4.74 Å². The highest BCUT2D eigenvalue weighted by Crippen LogP contribution is 2.04. The largest absolute Gasteiger partial charge is 0.487 e. The molecule has 0 saturated carbocycles. The quantitative estimate of drug-likeness (QED) is 0.486. The smallest absolute Gasteiger partial charge is 0.156 e. The van der Waals surface area contributed by atoms with Gasteiger partial charge in [-0.05, 0) is 31.6 Å². The van der Waals surface area contributed by atoms with Gasteiger partial charge in [0.1, 0.15) is 0 Å². The molecule has 0 aromatic carbocycles. The van der Waals surface area contributed by atoms with Crippen molar-refractivity contribution in [1.82, 2.24) is 0 Å². The second kappa shape index (κ2) is 9.93. The molecule has 0 spiro atoms. The monoisotopic (exact) mass is 203 g/mol. The maximum atomic E-state index is 5.39. The van der Waals surface area contributed by atoms with Crippen molar-refractivity contribution < 1.29 is 4.74 Å². The van der Waals surface area contributed by atoms with E-state index >= 15 is 0 Å². The molecule has 0 aliphatic heterocycles. The first-order chi connectivity index (χ1) is 6.27. The molecule has 0 unspecified atom stereocenters. The van der Waals surface area contributed by atoms with Crippen molar-refractivity contribution >= 4 is 17.3 Å². The highest BCUT2D eigenvalue weighted by atomic mass is 32.1. The second-order valence-corrected chi connectivity index (χ2v) is 3.82. The van der Waals surface area contributed by atoms with E-state index in [4.69, 9.17) is 22.7 Å². The van der Waals surface area contributed by atoms with Gasteiger partial charge in [-0.2, -0.15) is 0 Å². The molecule has 0 saturated heterocycles. The number of unbranched alkanes of at least 4 members (excludes halogenated alkanes) is 5. The van der Waals surface area contributed by atoms with Crippen LogP contribution in [-0.4, -0.2) is 18.2 Å². The van der Waals surface area contributed by atoms with Crippen LogP contribution >= 0.6 is 12.2 Å². The number of hydrogen-bond donors (Lipinski definition) is 1. The molecule has 0 rings (SSSR count). The van der Waals surface area contributed by atoms with Crippen molar-refractivity contribution in [3.63, 3.8) is 0 Å². The molecular formula is C10H21NOS. The Labute approximate surface area is 86.8 Å². The molecule has 0 aromatic rings. The van der Waals surface area contributed by atoms with Gasteiger partial charge in [0.2, 0.25) is 0 Å². The number of nitrogens with two attached hydrogens (primary N) is 1. The summed E-state index contributed by atoms with van der Waals surface area (Å²) in [5.74, 6) is 0. The highest BCUT2D eigenvalue weighted by Gasteiger charge is 1.91. The Kier molecular flexibility index (Phi) is 9.82. The van der Waals surface area contributed by atoms with Gasteiger partial charge in [0, 0.05) is 6.92 Å². The number of hydrogen-bond acceptors (Lipinski definition) is 3. The van der Waals surface area contributed by atoms with E-state index in [1.165, 1.54) is 25.7 Å². The predicted molar refractivity (Wildman–Crippen MR) is 61.0 cm³/mol. The fraction of sp³-hybridized carbons (Fsp3) is 0.900. The summed E-state index contributed by atoms with van der Waals surface area (Å²) in [5.41, 5.74) is 5.39. The van der Waals surface area contributed by atoms with E-state index in [0.29, 0.717) is 5.05 Å². The van der Waals surface area contributed by atoms with E-state index in [0.717, 1.165) is 26.0 Å². The SMILES string of the molecule is CC(=S)OCCCCCCCCN. The predicted octanol–water partition coefficient (Wildman–Crippen LogP) is 2.65. The topological polar surface area (TPSA) is 35.2 Å². The maximum Gasteiger partial charge on any atom is 0.156 e. The standard InChI is InChI=1S/C10H21NOS/c1-10(13)12-9-7-5-3-2-4-6-8-11/h2-9,11H2,1H3. The van der Waals surface area contributed by atoms with E-state index in [1.807, 2.05) is 6.92 Å². The number of rotatable bonds is 8. The van der Waals surface area contributed by atoms with Gasteiger partial charge in [-0.3, -0.25) is 0 Å². The van der Waals surface area contributed by atoms with Crippen molar-refractivity contribution in [3.05, 3.63) is 0 Å². The molecule has 0 amide bonds. The fourth-order valence-corrected chi connectivity index (χ4v) is 1.25. The van der Waals surface area contributed by atoms with Gasteiger partial charge in [-0.1, -0.05) is 25.7 Å². The van der Waals surface area contributed by atoms with Crippen LogP contribution < -0.4 is 5.73 Å². The molecule has 78 valence electrons. The van der Waals surface area contributed by atoms with E-state index < -0.39 is 0 Å². The Morgan fingerprint density at radius 1 is 1.08 bits per heavy atom. The van der Waals surface area contributed by atoms with Crippen molar-refractivity contribution in [1.29, 1.82) is 0 Å². The third-order valence-corrected chi connectivity index (χ3v) is 2.02. The van der Waals surface area contributed by atoms with Crippen LogP contribution in [0.3, 0.4) is 0 Å². The average Bonchev–Trinajstić information content (AvgIpc) is 2.09. The third kappa shape index (κ3) is 11.9. The summed E-state index contributed by atoms with van der Waals surface area (Å²) < 4.78 is 5.18. The maximum absolute atomic E-state index is 5.39.